The van der Waals surface area contributed by atoms with Gasteiger partial charge in [0.1, 0.15) is 91.6 Å². The summed E-state index contributed by atoms with van der Waals surface area (Å²) in [5, 5.41) is 155. The van der Waals surface area contributed by atoms with Crippen molar-refractivity contribution in [2.45, 2.75) is 262 Å². The van der Waals surface area contributed by atoms with Gasteiger partial charge >= 0.3 is 11.9 Å². The van der Waals surface area contributed by atoms with Crippen molar-refractivity contribution < 1.29 is 124 Å². The van der Waals surface area contributed by atoms with Gasteiger partial charge in [0, 0.05) is 5.57 Å². The van der Waals surface area contributed by atoms with Gasteiger partial charge in [-0.2, -0.15) is 0 Å². The molecule has 0 aromatic carbocycles. The van der Waals surface area contributed by atoms with Crippen molar-refractivity contribution >= 4 is 11.9 Å². The first-order valence-electron chi connectivity index (χ1n) is 29.9. The number of carboxylic acid groups (broad SMARTS) is 1. The Kier molecular flexibility index (Phi) is 18.9. The van der Waals surface area contributed by atoms with E-state index in [9.17, 15) is 81.1 Å². The van der Waals surface area contributed by atoms with Gasteiger partial charge in [0.2, 0.25) is 0 Å². The molecular formula is C59H94O25. The zero-order chi connectivity index (χ0) is 61.9. The minimum atomic E-state index is -2.26. The van der Waals surface area contributed by atoms with Crippen molar-refractivity contribution in [2.24, 2.45) is 50.2 Å². The molecule has 4 saturated carbocycles. The summed E-state index contributed by atoms with van der Waals surface area (Å²) in [5.74, 6) is -2.53. The number of carbonyl (C=O) groups is 2. The van der Waals surface area contributed by atoms with E-state index in [-0.39, 0.29) is 35.2 Å². The summed E-state index contributed by atoms with van der Waals surface area (Å²) in [6, 6.07) is 0. The summed E-state index contributed by atoms with van der Waals surface area (Å²) in [6.07, 6.45) is -31.8. The van der Waals surface area contributed by atoms with Crippen LogP contribution >= 0.6 is 0 Å². The van der Waals surface area contributed by atoms with Crippen molar-refractivity contribution in [3.05, 3.63) is 23.3 Å². The average Bonchev–Trinajstić information content (AvgIpc) is 0.685. The number of ether oxygens (including phenoxy) is 9. The number of hydrogen-bond donors (Lipinski definition) is 14. The average molecular weight is 1200 g/mol. The Morgan fingerprint density at radius 2 is 1.19 bits per heavy atom. The predicted molar refractivity (Wildman–Crippen MR) is 288 cm³/mol. The van der Waals surface area contributed by atoms with Crippen LogP contribution in [0.5, 0.6) is 0 Å². The molecule has 0 amide bonds. The molecular weight excluding hydrogens is 1110 g/mol. The van der Waals surface area contributed by atoms with Gasteiger partial charge < -0.3 is 114 Å². The summed E-state index contributed by atoms with van der Waals surface area (Å²) in [6.45, 7) is 17.8. The minimum absolute atomic E-state index is 0.0468. The number of esters is 1. The van der Waals surface area contributed by atoms with E-state index in [4.69, 9.17) is 42.6 Å². The first kappa shape index (κ1) is 66.0. The van der Waals surface area contributed by atoms with E-state index in [1.165, 1.54) is 12.5 Å². The normalized spacial score (nSPS) is 51.9. The molecule has 0 aromatic rings. The maximum absolute atomic E-state index is 13.4. The minimum Gasteiger partial charge on any atom is -0.479 e. The maximum atomic E-state index is 13.4. The second-order valence-electron chi connectivity index (χ2n) is 27.9. The van der Waals surface area contributed by atoms with Gasteiger partial charge in [-0.25, -0.2) is 9.59 Å². The lowest BCUT2D eigenvalue weighted by molar-refractivity contribution is -0.406. The molecule has 0 bridgehead atoms. The fraction of sp³-hybridized carbons (Fsp3) is 0.898. The van der Waals surface area contributed by atoms with Gasteiger partial charge in [-0.15, -0.1) is 0 Å². The highest BCUT2D eigenvalue weighted by molar-refractivity contribution is 5.87. The first-order chi connectivity index (χ1) is 39.2. The van der Waals surface area contributed by atoms with Crippen LogP contribution < -0.4 is 0 Å². The monoisotopic (exact) mass is 1200 g/mol. The molecule has 480 valence electrons. The van der Waals surface area contributed by atoms with Crippen molar-refractivity contribution in [2.75, 3.05) is 19.8 Å². The molecule has 4 aliphatic heterocycles. The van der Waals surface area contributed by atoms with Gasteiger partial charge in [-0.1, -0.05) is 66.2 Å². The van der Waals surface area contributed by atoms with Crippen LogP contribution in [0.3, 0.4) is 0 Å². The van der Waals surface area contributed by atoms with E-state index in [1.807, 2.05) is 13.8 Å². The number of aliphatic hydroxyl groups is 13. The Hall–Kier alpha value is -2.42. The topological polar surface area (TPSA) is 400 Å². The maximum Gasteiger partial charge on any atom is 0.335 e. The SMILES string of the molecule is C/C=C(/C)C(=O)O[C@H]1CC(C)(C)C[C@H]2C3=CC[C@@H]4[C@@]5(C)CC[C@H](O[C@@H]6O[C@H](C(=O)O)[C@@H](O)[C@H](O[C@@H]7O[C@H](CO)[C@@H](O)[C@H](O)[C@H]7O[C@@H]7O[C@@H](C)[C@H](O)[C@@H](O)[C@H]7O)[C@H]6O[C@@H]6O[C@H](CO)[C@@H](O)[C@H](O)[C@H]6O)C(C)(C)[C@@H]5CC[C@@]4(C)[C@]3(C)C[C@@H](O)[C@@]12CO. The fourth-order valence-electron chi connectivity index (χ4n) is 17.3. The predicted octanol–water partition coefficient (Wildman–Crippen LogP) is -0.983. The Bertz CT molecular complexity index is 2420. The number of carboxylic acids is 1. The van der Waals surface area contributed by atoms with Crippen LogP contribution in [-0.2, 0) is 52.2 Å². The van der Waals surface area contributed by atoms with Crippen LogP contribution in [0.25, 0.3) is 0 Å². The van der Waals surface area contributed by atoms with E-state index in [0.717, 1.165) is 0 Å². The summed E-state index contributed by atoms with van der Waals surface area (Å²) >= 11 is 0. The molecule has 8 fully saturated rings. The zero-order valence-corrected chi connectivity index (χ0v) is 49.7. The highest BCUT2D eigenvalue weighted by Crippen LogP contribution is 2.76. The number of hydrogen-bond acceptors (Lipinski definition) is 24. The second-order valence-corrected chi connectivity index (χ2v) is 27.9. The molecule has 0 unspecified atom stereocenters. The molecule has 4 heterocycles. The lowest BCUT2D eigenvalue weighted by atomic mass is 9.33. The largest absolute Gasteiger partial charge is 0.479 e. The highest BCUT2D eigenvalue weighted by Gasteiger charge is 2.72. The number of allylic oxidation sites excluding steroid dienone is 3. The van der Waals surface area contributed by atoms with Crippen molar-refractivity contribution in [3.8, 4) is 0 Å². The van der Waals surface area contributed by atoms with Crippen LogP contribution in [-0.4, -0.2) is 244 Å². The van der Waals surface area contributed by atoms with Gasteiger partial charge in [0.15, 0.2) is 31.3 Å². The number of aliphatic carboxylic acids is 1. The molecule has 5 aliphatic carbocycles. The molecule has 25 nitrogen and oxygen atoms in total. The van der Waals surface area contributed by atoms with Crippen LogP contribution in [0.1, 0.15) is 121 Å². The molecule has 0 spiro atoms. The molecule has 0 aromatic heterocycles. The van der Waals surface area contributed by atoms with E-state index in [2.05, 4.69) is 40.7 Å². The molecule has 84 heavy (non-hydrogen) atoms. The van der Waals surface area contributed by atoms with Gasteiger partial charge in [-0.3, -0.25) is 0 Å². The third kappa shape index (κ3) is 10.8. The summed E-state index contributed by atoms with van der Waals surface area (Å²) < 4.78 is 55.4. The van der Waals surface area contributed by atoms with Crippen molar-refractivity contribution in [3.63, 3.8) is 0 Å². The molecule has 4 saturated heterocycles. The van der Waals surface area contributed by atoms with Crippen molar-refractivity contribution in [1.82, 2.24) is 0 Å². The van der Waals surface area contributed by atoms with Crippen LogP contribution in [0.4, 0.5) is 0 Å². The lowest BCUT2D eigenvalue weighted by Crippen LogP contribution is -2.70. The van der Waals surface area contributed by atoms with Crippen LogP contribution in [0.2, 0.25) is 0 Å². The molecule has 0 radical (unpaired) electrons. The third-order valence-corrected chi connectivity index (χ3v) is 22.5. The quantitative estimate of drug-likeness (QED) is 0.0430. The Morgan fingerprint density at radius 1 is 0.619 bits per heavy atom. The molecule has 9 rings (SSSR count). The summed E-state index contributed by atoms with van der Waals surface area (Å²) in [4.78, 5) is 26.7. The summed E-state index contributed by atoms with van der Waals surface area (Å²) in [7, 11) is 0. The van der Waals surface area contributed by atoms with Gasteiger partial charge in [0.25, 0.3) is 0 Å². The second kappa shape index (κ2) is 24.1. The zero-order valence-electron chi connectivity index (χ0n) is 49.7. The van der Waals surface area contributed by atoms with E-state index in [0.29, 0.717) is 56.9 Å². The van der Waals surface area contributed by atoms with E-state index < -0.39 is 188 Å². The highest BCUT2D eigenvalue weighted by atomic mass is 16.8. The molecule has 25 heteroatoms. The van der Waals surface area contributed by atoms with Crippen LogP contribution in [0.15, 0.2) is 23.3 Å². The van der Waals surface area contributed by atoms with E-state index >= 15 is 0 Å². The standard InChI is InChI=1S/C59H94O25/c1-11-24(2)49(75)79-34-20-54(4,5)18-27-26-12-13-31-56(8)16-15-33(55(6,7)30(56)14-17-57(31,9)58(26,10)19-32(63)59(27,34)23-62)80-53-47(84-51-42(71)39(68)36(65)28(21-60)77-51)44(43(72)45(82-53)48(73)74)81-52-46(40(69)37(66)29(22-61)78-52)83-50-41(70)38(67)35(64)25(3)76-50/h11-12,25,27-47,50-53,60-72H,13-23H2,1-10H3,(H,73,74)/b24-11-/t25-,27-,28+,29+,30-,31+,32+,33-,34-,35-,36+,37+,38+,39-,40-,41+,42+,43-,44-,45-,46+,47+,50-,51-,52-,53+,56-,57+,58+,59-/m0/s1. The first-order valence-corrected chi connectivity index (χ1v) is 29.9. The molecule has 9 aliphatic rings. The van der Waals surface area contributed by atoms with Crippen LogP contribution in [0, 0.1) is 50.2 Å². The van der Waals surface area contributed by atoms with Gasteiger partial charge in [0.05, 0.1) is 43.5 Å². The third-order valence-electron chi connectivity index (χ3n) is 22.5. The lowest BCUT2D eigenvalue weighted by Gasteiger charge is -2.72. The number of fused-ring (bicyclic) bond motifs is 7. The summed E-state index contributed by atoms with van der Waals surface area (Å²) in [5.41, 5.74) is -1.94. The smallest absolute Gasteiger partial charge is 0.335 e. The Balaban J connectivity index is 1.04. The number of rotatable bonds is 14. The number of carbonyl (C=O) groups excluding carboxylic acids is 1. The molecule has 30 atom stereocenters. The Labute approximate surface area is 489 Å². The Morgan fingerprint density at radius 3 is 1.80 bits per heavy atom. The van der Waals surface area contributed by atoms with E-state index in [1.54, 1.807) is 19.9 Å². The number of aliphatic hydroxyl groups excluding tert-OH is 13. The fourth-order valence-corrected chi connectivity index (χ4v) is 17.3. The van der Waals surface area contributed by atoms with Gasteiger partial charge in [-0.05, 0) is 117 Å². The van der Waals surface area contributed by atoms with Crippen molar-refractivity contribution in [1.29, 1.82) is 0 Å². The molecule has 14 N–H and O–H groups in total.